The Bertz CT molecular complexity index is 828. The Kier molecular flexibility index (Phi) is 10.9. The van der Waals surface area contributed by atoms with Gasteiger partial charge in [0.05, 0.1) is 5.69 Å². The molecule has 5 heteroatoms. The van der Waals surface area contributed by atoms with E-state index in [1.54, 1.807) is 11.3 Å². The van der Waals surface area contributed by atoms with Gasteiger partial charge in [0.2, 0.25) is 0 Å². The van der Waals surface area contributed by atoms with E-state index >= 15 is 0 Å². The smallest absolute Gasteiger partial charge is 0.124 e. The normalized spacial score (nSPS) is 10.8. The zero-order chi connectivity index (χ0) is 20.3. The van der Waals surface area contributed by atoms with Crippen molar-refractivity contribution in [3.63, 3.8) is 0 Å². The summed E-state index contributed by atoms with van der Waals surface area (Å²) < 4.78 is 6.00. The van der Waals surface area contributed by atoms with Crippen LogP contribution in [0.3, 0.4) is 0 Å². The molecule has 0 saturated carbocycles. The number of nitrogens with zero attached hydrogens (tertiary/aromatic N) is 2. The van der Waals surface area contributed by atoms with Gasteiger partial charge < -0.3 is 4.74 Å². The fourth-order valence-corrected chi connectivity index (χ4v) is 4.07. The van der Waals surface area contributed by atoms with Crippen LogP contribution >= 0.6 is 23.7 Å². The van der Waals surface area contributed by atoms with E-state index in [9.17, 15) is 0 Å². The number of benzene rings is 2. The van der Waals surface area contributed by atoms with Crippen molar-refractivity contribution in [1.29, 1.82) is 0 Å². The number of hydrogen-bond donors (Lipinski definition) is 0. The molecule has 0 aliphatic heterocycles. The third-order valence-corrected chi connectivity index (χ3v) is 5.90. The van der Waals surface area contributed by atoms with Crippen LogP contribution in [-0.2, 0) is 0 Å². The maximum Gasteiger partial charge on any atom is 0.124 e. The molecule has 0 unspecified atom stereocenters. The molecular weight excluding hydrogens is 412 g/mol. The highest BCUT2D eigenvalue weighted by atomic mass is 35.5. The summed E-state index contributed by atoms with van der Waals surface area (Å²) in [4.78, 5) is 7.32. The van der Waals surface area contributed by atoms with Gasteiger partial charge in [0.15, 0.2) is 0 Å². The predicted molar refractivity (Wildman–Crippen MR) is 132 cm³/mol. The minimum absolute atomic E-state index is 0. The van der Waals surface area contributed by atoms with E-state index in [0.717, 1.165) is 35.2 Å². The molecule has 0 aliphatic rings. The first kappa shape index (κ1) is 24.4. The van der Waals surface area contributed by atoms with Gasteiger partial charge in [-0.15, -0.1) is 23.7 Å². The van der Waals surface area contributed by atoms with E-state index in [-0.39, 0.29) is 12.4 Å². The third kappa shape index (κ3) is 7.42. The first-order valence-electron chi connectivity index (χ1n) is 10.8. The van der Waals surface area contributed by atoms with Crippen molar-refractivity contribution in [2.24, 2.45) is 0 Å². The number of hydrogen-bond acceptors (Lipinski definition) is 4. The standard InChI is InChI=1S/C25H32N2OS.ClH/c1-3-5-16-27(17-6-4-2)18-19-28-23-14-12-21(13-15-23)24-20-29-25(26-24)22-10-8-7-9-11-22;/h7-15,20H,3-6,16-19H2,1-2H3;1H. The Balaban J connectivity index is 0.00000320. The highest BCUT2D eigenvalue weighted by Gasteiger charge is 2.07. The number of aromatic nitrogens is 1. The van der Waals surface area contributed by atoms with Crippen LogP contribution in [0.25, 0.3) is 21.8 Å². The quantitative estimate of drug-likeness (QED) is 0.295. The van der Waals surface area contributed by atoms with E-state index in [1.165, 1.54) is 44.3 Å². The van der Waals surface area contributed by atoms with E-state index in [4.69, 9.17) is 9.72 Å². The summed E-state index contributed by atoms with van der Waals surface area (Å²) in [6.07, 6.45) is 5.01. The van der Waals surface area contributed by atoms with Crippen LogP contribution in [-0.4, -0.2) is 36.1 Å². The Morgan fingerprint density at radius 3 is 2.13 bits per heavy atom. The Morgan fingerprint density at radius 1 is 0.833 bits per heavy atom. The molecule has 0 saturated heterocycles. The Labute approximate surface area is 191 Å². The summed E-state index contributed by atoms with van der Waals surface area (Å²) >= 11 is 1.68. The van der Waals surface area contributed by atoms with E-state index in [2.05, 4.69) is 60.5 Å². The highest BCUT2D eigenvalue weighted by molar-refractivity contribution is 7.13. The summed E-state index contributed by atoms with van der Waals surface area (Å²) in [5.41, 5.74) is 3.31. The second kappa shape index (κ2) is 13.4. The first-order valence-corrected chi connectivity index (χ1v) is 11.6. The predicted octanol–water partition coefficient (Wildman–Crippen LogP) is 7.18. The largest absolute Gasteiger partial charge is 0.492 e. The number of rotatable bonds is 12. The van der Waals surface area contributed by atoms with Gasteiger partial charge in [-0.2, -0.15) is 0 Å². The minimum atomic E-state index is 0. The second-order valence-corrected chi connectivity index (χ2v) is 8.18. The molecule has 0 aliphatic carbocycles. The van der Waals surface area contributed by atoms with Crippen molar-refractivity contribution in [2.75, 3.05) is 26.2 Å². The first-order chi connectivity index (χ1) is 14.3. The van der Waals surface area contributed by atoms with Crippen LogP contribution in [0.2, 0.25) is 0 Å². The maximum atomic E-state index is 6.00. The molecule has 3 aromatic rings. The van der Waals surface area contributed by atoms with Gasteiger partial charge in [-0.1, -0.05) is 57.0 Å². The average molecular weight is 445 g/mol. The van der Waals surface area contributed by atoms with Crippen molar-refractivity contribution in [1.82, 2.24) is 9.88 Å². The molecule has 0 bridgehead atoms. The number of ether oxygens (including phenoxy) is 1. The van der Waals surface area contributed by atoms with Crippen molar-refractivity contribution < 1.29 is 4.74 Å². The molecule has 1 aromatic heterocycles. The summed E-state index contributed by atoms with van der Waals surface area (Å²) in [7, 11) is 0. The van der Waals surface area contributed by atoms with Crippen molar-refractivity contribution >= 4 is 23.7 Å². The van der Waals surface area contributed by atoms with Gasteiger partial charge in [-0.3, -0.25) is 4.90 Å². The Morgan fingerprint density at radius 2 is 1.50 bits per heavy atom. The average Bonchev–Trinajstić information content (AvgIpc) is 3.27. The summed E-state index contributed by atoms with van der Waals surface area (Å²) in [6.45, 7) is 8.58. The fraction of sp³-hybridized carbons (Fsp3) is 0.400. The molecule has 1 heterocycles. The van der Waals surface area contributed by atoms with Crippen LogP contribution in [0.4, 0.5) is 0 Å². The van der Waals surface area contributed by atoms with Crippen LogP contribution in [0.15, 0.2) is 60.0 Å². The highest BCUT2D eigenvalue weighted by Crippen LogP contribution is 2.29. The minimum Gasteiger partial charge on any atom is -0.492 e. The molecule has 2 aromatic carbocycles. The van der Waals surface area contributed by atoms with Gasteiger partial charge >= 0.3 is 0 Å². The summed E-state index contributed by atoms with van der Waals surface area (Å²) in [5, 5.41) is 3.18. The van der Waals surface area contributed by atoms with Gasteiger partial charge in [0.1, 0.15) is 17.4 Å². The molecule has 162 valence electrons. The van der Waals surface area contributed by atoms with Gasteiger partial charge in [0, 0.05) is 23.1 Å². The SMILES string of the molecule is CCCCN(CCCC)CCOc1ccc(-c2csc(-c3ccccc3)n2)cc1.Cl. The van der Waals surface area contributed by atoms with Gasteiger partial charge in [0.25, 0.3) is 0 Å². The second-order valence-electron chi connectivity index (χ2n) is 7.33. The molecule has 0 amide bonds. The van der Waals surface area contributed by atoms with Crippen LogP contribution in [0.5, 0.6) is 5.75 Å². The zero-order valence-electron chi connectivity index (χ0n) is 18.0. The number of thiazole rings is 1. The molecular formula is C25H33ClN2OS. The van der Waals surface area contributed by atoms with Crippen LogP contribution < -0.4 is 4.74 Å². The third-order valence-electron chi connectivity index (χ3n) is 5.01. The van der Waals surface area contributed by atoms with Crippen molar-refractivity contribution in [2.45, 2.75) is 39.5 Å². The number of unbranched alkanes of at least 4 members (excludes halogenated alkanes) is 2. The molecule has 0 fully saturated rings. The summed E-state index contributed by atoms with van der Waals surface area (Å²) in [5.74, 6) is 0.929. The Hall–Kier alpha value is -1.88. The lowest BCUT2D eigenvalue weighted by Gasteiger charge is -2.22. The van der Waals surface area contributed by atoms with Crippen molar-refractivity contribution in [3.8, 4) is 27.6 Å². The molecule has 0 atom stereocenters. The lowest BCUT2D eigenvalue weighted by molar-refractivity contribution is 0.204. The lowest BCUT2D eigenvalue weighted by Crippen LogP contribution is -2.30. The van der Waals surface area contributed by atoms with E-state index < -0.39 is 0 Å². The zero-order valence-corrected chi connectivity index (χ0v) is 19.7. The van der Waals surface area contributed by atoms with Crippen molar-refractivity contribution in [3.05, 3.63) is 60.0 Å². The maximum absolute atomic E-state index is 6.00. The van der Waals surface area contributed by atoms with Gasteiger partial charge in [-0.05, 0) is 50.2 Å². The lowest BCUT2D eigenvalue weighted by atomic mass is 10.1. The van der Waals surface area contributed by atoms with Gasteiger partial charge in [-0.25, -0.2) is 4.98 Å². The molecule has 3 nitrogen and oxygen atoms in total. The van der Waals surface area contributed by atoms with Crippen LogP contribution in [0.1, 0.15) is 39.5 Å². The molecule has 0 N–H and O–H groups in total. The topological polar surface area (TPSA) is 25.4 Å². The van der Waals surface area contributed by atoms with E-state index in [0.29, 0.717) is 0 Å². The van der Waals surface area contributed by atoms with E-state index in [1.807, 2.05) is 18.2 Å². The monoisotopic (exact) mass is 444 g/mol. The molecule has 3 rings (SSSR count). The fourth-order valence-electron chi connectivity index (χ4n) is 3.23. The summed E-state index contributed by atoms with van der Waals surface area (Å²) in [6, 6.07) is 18.6. The van der Waals surface area contributed by atoms with Crippen LogP contribution in [0, 0.1) is 0 Å². The molecule has 30 heavy (non-hydrogen) atoms. The molecule has 0 radical (unpaired) electrons. The molecule has 0 spiro atoms. The number of halogens is 1.